The highest BCUT2D eigenvalue weighted by Gasteiger charge is 2.20. The molecule has 0 aliphatic carbocycles. The lowest BCUT2D eigenvalue weighted by molar-refractivity contribution is -0.166. The number of carbonyl (C=O) groups excluding carboxylic acids is 1. The Bertz CT molecular complexity index is 409. The van der Waals surface area contributed by atoms with Crippen molar-refractivity contribution in [3.8, 4) is 0 Å². The van der Waals surface area contributed by atoms with Crippen LogP contribution in [0.4, 0.5) is 0 Å². The highest BCUT2D eigenvalue weighted by Crippen LogP contribution is 2.36. The standard InChI is InChI=1S/C8H9O6P/c1-6-4-2-3-5-7(6)8(9)13-14-15(10,11)12/h2-5H,1H3,(H2,10,11,12). The molecule has 6 nitrogen and oxygen atoms in total. The average Bonchev–Trinajstić information content (AvgIpc) is 2.14. The van der Waals surface area contributed by atoms with Gasteiger partial charge < -0.3 is 9.79 Å². The first kappa shape index (κ1) is 11.9. The van der Waals surface area contributed by atoms with Crippen molar-refractivity contribution in [1.29, 1.82) is 0 Å². The highest BCUT2D eigenvalue weighted by molar-refractivity contribution is 7.46. The van der Waals surface area contributed by atoms with Crippen LogP contribution in [0, 0.1) is 6.92 Å². The van der Waals surface area contributed by atoms with Gasteiger partial charge in [0, 0.05) is 0 Å². The number of rotatable bonds is 3. The Morgan fingerprint density at radius 3 is 2.47 bits per heavy atom. The summed E-state index contributed by atoms with van der Waals surface area (Å²) in [5.41, 5.74) is 0.808. The molecule has 82 valence electrons. The van der Waals surface area contributed by atoms with Gasteiger partial charge in [-0.15, -0.1) is 0 Å². The fourth-order valence-electron chi connectivity index (χ4n) is 0.929. The molecule has 0 aliphatic heterocycles. The lowest BCUT2D eigenvalue weighted by atomic mass is 10.1. The molecule has 0 unspecified atom stereocenters. The maximum absolute atomic E-state index is 11.2. The summed E-state index contributed by atoms with van der Waals surface area (Å²) in [6.45, 7) is 1.66. The van der Waals surface area contributed by atoms with Crippen molar-refractivity contribution >= 4 is 13.8 Å². The van der Waals surface area contributed by atoms with E-state index in [1.54, 1.807) is 25.1 Å². The number of carbonyl (C=O) groups is 1. The summed E-state index contributed by atoms with van der Waals surface area (Å²) >= 11 is 0. The van der Waals surface area contributed by atoms with E-state index in [-0.39, 0.29) is 5.56 Å². The van der Waals surface area contributed by atoms with Crippen molar-refractivity contribution in [1.82, 2.24) is 0 Å². The van der Waals surface area contributed by atoms with E-state index in [1.165, 1.54) is 6.07 Å². The van der Waals surface area contributed by atoms with Crippen LogP contribution in [0.5, 0.6) is 0 Å². The van der Waals surface area contributed by atoms with Crippen LogP contribution in [-0.2, 0) is 14.1 Å². The molecule has 0 atom stereocenters. The summed E-state index contributed by atoms with van der Waals surface area (Å²) < 4.78 is 13.9. The summed E-state index contributed by atoms with van der Waals surface area (Å²) in [6.07, 6.45) is 0. The molecular weight excluding hydrogens is 223 g/mol. The number of phosphoric acid groups is 1. The first-order chi connectivity index (χ1) is 6.90. The van der Waals surface area contributed by atoms with Gasteiger partial charge in [-0.3, -0.25) is 4.89 Å². The molecule has 1 aromatic rings. The quantitative estimate of drug-likeness (QED) is 0.461. The van der Waals surface area contributed by atoms with Crippen molar-refractivity contribution in [2.75, 3.05) is 0 Å². The minimum atomic E-state index is -4.80. The Labute approximate surface area is 85.6 Å². The van der Waals surface area contributed by atoms with E-state index in [1.807, 2.05) is 0 Å². The number of benzene rings is 1. The van der Waals surface area contributed by atoms with Crippen LogP contribution in [0.15, 0.2) is 24.3 Å². The summed E-state index contributed by atoms with van der Waals surface area (Å²) in [4.78, 5) is 31.8. The third-order valence-corrected chi connectivity index (χ3v) is 1.84. The molecule has 7 heteroatoms. The van der Waals surface area contributed by atoms with Gasteiger partial charge in [-0.05, 0) is 18.6 Å². The van der Waals surface area contributed by atoms with Gasteiger partial charge in [0.15, 0.2) is 0 Å². The molecule has 0 aromatic heterocycles. The van der Waals surface area contributed by atoms with Gasteiger partial charge in [-0.2, -0.15) is 0 Å². The molecular formula is C8H9O6P. The summed E-state index contributed by atoms with van der Waals surface area (Å²) in [5.74, 6) is -0.948. The van der Waals surface area contributed by atoms with Gasteiger partial charge in [0.05, 0.1) is 5.56 Å². The predicted octanol–water partition coefficient (Wildman–Crippen LogP) is 1.18. The monoisotopic (exact) mass is 232 g/mol. The second kappa shape index (κ2) is 4.55. The van der Waals surface area contributed by atoms with E-state index < -0.39 is 13.8 Å². The summed E-state index contributed by atoms with van der Waals surface area (Å²) in [5, 5.41) is 0. The Kier molecular flexibility index (Phi) is 3.60. The molecule has 0 fully saturated rings. The summed E-state index contributed by atoms with van der Waals surface area (Å²) in [6, 6.07) is 6.44. The molecule has 0 spiro atoms. The highest BCUT2D eigenvalue weighted by atomic mass is 31.2. The predicted molar refractivity (Wildman–Crippen MR) is 49.7 cm³/mol. The smallest absolute Gasteiger partial charge is 0.301 e. The molecule has 0 radical (unpaired) electrons. The zero-order valence-corrected chi connectivity index (χ0v) is 8.68. The second-order valence-corrected chi connectivity index (χ2v) is 3.88. The van der Waals surface area contributed by atoms with E-state index in [0.717, 1.165) is 0 Å². The van der Waals surface area contributed by atoms with E-state index >= 15 is 0 Å². The molecule has 0 heterocycles. The first-order valence-electron chi connectivity index (χ1n) is 3.92. The van der Waals surface area contributed by atoms with Crippen LogP contribution in [-0.4, -0.2) is 15.8 Å². The molecule has 0 bridgehead atoms. The zero-order chi connectivity index (χ0) is 11.5. The summed E-state index contributed by atoms with van der Waals surface area (Å²) in [7, 11) is -4.80. The Morgan fingerprint density at radius 2 is 1.93 bits per heavy atom. The number of hydrogen-bond acceptors (Lipinski definition) is 4. The third-order valence-electron chi connectivity index (χ3n) is 1.58. The second-order valence-electron chi connectivity index (χ2n) is 2.75. The zero-order valence-electron chi connectivity index (χ0n) is 7.78. The maximum atomic E-state index is 11.2. The van der Waals surface area contributed by atoms with Crippen LogP contribution in [0.2, 0.25) is 0 Å². The van der Waals surface area contributed by atoms with Gasteiger partial charge in [-0.1, -0.05) is 22.9 Å². The normalized spacial score (nSPS) is 11.1. The Balaban J connectivity index is 2.71. The molecule has 15 heavy (non-hydrogen) atoms. The average molecular weight is 232 g/mol. The Hall–Kier alpha value is -1.20. The van der Waals surface area contributed by atoms with Gasteiger partial charge in [-0.25, -0.2) is 9.36 Å². The largest absolute Gasteiger partial charge is 0.505 e. The Morgan fingerprint density at radius 1 is 1.33 bits per heavy atom. The van der Waals surface area contributed by atoms with Gasteiger partial charge in [0.1, 0.15) is 0 Å². The van der Waals surface area contributed by atoms with Gasteiger partial charge in [0.25, 0.3) is 0 Å². The van der Waals surface area contributed by atoms with Gasteiger partial charge in [0.2, 0.25) is 0 Å². The van der Waals surface area contributed by atoms with Crippen molar-refractivity contribution in [3.05, 3.63) is 35.4 Å². The molecule has 0 amide bonds. The third kappa shape index (κ3) is 3.81. The van der Waals surface area contributed by atoms with Gasteiger partial charge >= 0.3 is 13.8 Å². The maximum Gasteiger partial charge on any atom is 0.505 e. The first-order valence-corrected chi connectivity index (χ1v) is 5.45. The molecule has 1 aromatic carbocycles. The molecule has 0 aliphatic rings. The van der Waals surface area contributed by atoms with Crippen molar-refractivity contribution in [3.63, 3.8) is 0 Å². The molecule has 0 saturated heterocycles. The van der Waals surface area contributed by atoms with Crippen LogP contribution in [0.25, 0.3) is 0 Å². The molecule has 2 N–H and O–H groups in total. The van der Waals surface area contributed by atoms with Crippen LogP contribution >= 0.6 is 7.82 Å². The fourth-order valence-corrected chi connectivity index (χ4v) is 1.09. The molecule has 1 rings (SSSR count). The van der Waals surface area contributed by atoms with Crippen molar-refractivity contribution < 1.29 is 28.7 Å². The lowest BCUT2D eigenvalue weighted by Crippen LogP contribution is -2.06. The topological polar surface area (TPSA) is 93.1 Å². The van der Waals surface area contributed by atoms with E-state index in [9.17, 15) is 9.36 Å². The minimum absolute atomic E-state index is 0.186. The fraction of sp³-hybridized carbons (Fsp3) is 0.125. The SMILES string of the molecule is Cc1ccccc1C(=O)OOP(=O)(O)O. The van der Waals surface area contributed by atoms with Crippen LogP contribution in [0.1, 0.15) is 15.9 Å². The van der Waals surface area contributed by atoms with E-state index in [2.05, 4.69) is 9.56 Å². The number of hydrogen-bond donors (Lipinski definition) is 2. The minimum Gasteiger partial charge on any atom is -0.301 e. The lowest BCUT2D eigenvalue weighted by Gasteiger charge is -2.05. The van der Waals surface area contributed by atoms with Crippen molar-refractivity contribution in [2.45, 2.75) is 6.92 Å². The van der Waals surface area contributed by atoms with E-state index in [0.29, 0.717) is 5.56 Å². The van der Waals surface area contributed by atoms with E-state index in [4.69, 9.17) is 9.79 Å². The van der Waals surface area contributed by atoms with Crippen LogP contribution in [0.3, 0.4) is 0 Å². The van der Waals surface area contributed by atoms with Crippen LogP contribution < -0.4 is 0 Å². The van der Waals surface area contributed by atoms with Crippen molar-refractivity contribution in [2.24, 2.45) is 0 Å². The molecule has 0 saturated carbocycles. The number of aryl methyl sites for hydroxylation is 1.